The molecule has 6 aromatic rings. The lowest BCUT2D eigenvalue weighted by atomic mass is 9.95. The van der Waals surface area contributed by atoms with Crippen LogP contribution in [-0.2, 0) is 11.3 Å². The van der Waals surface area contributed by atoms with Crippen LogP contribution in [0.1, 0.15) is 21.5 Å². The standard InChI is InChI=1S/C37H29NO2/c1-40-26-32-24-30-22-28-10-8-9-11-29(28)23-31(30)25-36(32)37(39)21-18-27-16-19-35(20-17-27)38(33-12-4-2-5-13-33)34-14-6-3-7-15-34/h2-25H,26H2,1H3/b21-18+. The molecule has 0 amide bonds. The molecule has 3 heteroatoms. The average Bonchev–Trinajstić information content (AvgIpc) is 3.00. The van der Waals surface area contributed by atoms with Crippen LogP contribution in [-0.4, -0.2) is 12.9 Å². The van der Waals surface area contributed by atoms with Crippen LogP contribution in [0, 0.1) is 0 Å². The molecule has 0 heterocycles. The van der Waals surface area contributed by atoms with Gasteiger partial charge in [-0.25, -0.2) is 0 Å². The van der Waals surface area contributed by atoms with Crippen molar-refractivity contribution in [3.8, 4) is 0 Å². The molecule has 6 rings (SSSR count). The lowest BCUT2D eigenvalue weighted by molar-refractivity contribution is 0.104. The molecule has 0 radical (unpaired) electrons. The summed E-state index contributed by atoms with van der Waals surface area (Å²) in [4.78, 5) is 15.6. The van der Waals surface area contributed by atoms with Gasteiger partial charge in [-0.3, -0.25) is 4.79 Å². The molecule has 0 aliphatic carbocycles. The Morgan fingerprint density at radius 2 is 1.15 bits per heavy atom. The van der Waals surface area contributed by atoms with Gasteiger partial charge in [0, 0.05) is 29.7 Å². The van der Waals surface area contributed by atoms with Gasteiger partial charge < -0.3 is 9.64 Å². The Kier molecular flexibility index (Phi) is 7.21. The van der Waals surface area contributed by atoms with E-state index in [2.05, 4.69) is 71.6 Å². The summed E-state index contributed by atoms with van der Waals surface area (Å²) in [5, 5.41) is 4.48. The van der Waals surface area contributed by atoms with Gasteiger partial charge in [0.05, 0.1) is 6.61 Å². The number of ether oxygens (including phenoxy) is 1. The molecule has 0 spiro atoms. The van der Waals surface area contributed by atoms with Crippen molar-refractivity contribution in [1.29, 1.82) is 0 Å². The third-order valence-corrected chi connectivity index (χ3v) is 7.10. The van der Waals surface area contributed by atoms with Crippen LogP contribution in [0.25, 0.3) is 27.6 Å². The highest BCUT2D eigenvalue weighted by molar-refractivity contribution is 6.11. The van der Waals surface area contributed by atoms with E-state index < -0.39 is 0 Å². The van der Waals surface area contributed by atoms with E-state index in [1.165, 1.54) is 5.39 Å². The summed E-state index contributed by atoms with van der Waals surface area (Å²) < 4.78 is 5.45. The Hall–Kier alpha value is -4.99. The minimum atomic E-state index is -0.0404. The topological polar surface area (TPSA) is 29.5 Å². The van der Waals surface area contributed by atoms with Crippen molar-refractivity contribution < 1.29 is 9.53 Å². The molecule has 0 atom stereocenters. The van der Waals surface area contributed by atoms with Gasteiger partial charge in [0.1, 0.15) is 0 Å². The predicted octanol–water partition coefficient (Wildman–Crippen LogP) is 9.51. The Morgan fingerprint density at radius 3 is 1.73 bits per heavy atom. The fourth-order valence-corrected chi connectivity index (χ4v) is 5.14. The maximum atomic E-state index is 13.4. The highest BCUT2D eigenvalue weighted by Gasteiger charge is 2.13. The minimum Gasteiger partial charge on any atom is -0.380 e. The van der Waals surface area contributed by atoms with E-state index in [0.29, 0.717) is 12.2 Å². The second-order valence-corrected chi connectivity index (χ2v) is 9.78. The normalized spacial score (nSPS) is 11.3. The SMILES string of the molecule is COCc1cc2cc3ccccc3cc2cc1C(=O)/C=C/c1ccc(N(c2ccccc2)c2ccccc2)cc1. The van der Waals surface area contributed by atoms with Crippen LogP contribution in [0.15, 0.2) is 140 Å². The van der Waals surface area contributed by atoms with Crippen molar-refractivity contribution in [3.63, 3.8) is 0 Å². The zero-order chi connectivity index (χ0) is 27.3. The smallest absolute Gasteiger partial charge is 0.186 e. The van der Waals surface area contributed by atoms with E-state index in [-0.39, 0.29) is 5.78 Å². The third-order valence-electron chi connectivity index (χ3n) is 7.10. The predicted molar refractivity (Wildman–Crippen MR) is 167 cm³/mol. The molecule has 40 heavy (non-hydrogen) atoms. The maximum absolute atomic E-state index is 13.4. The zero-order valence-corrected chi connectivity index (χ0v) is 22.3. The Morgan fingerprint density at radius 1 is 0.625 bits per heavy atom. The number of carbonyl (C=O) groups is 1. The maximum Gasteiger partial charge on any atom is 0.186 e. The van der Waals surface area contributed by atoms with Crippen molar-refractivity contribution in [2.24, 2.45) is 0 Å². The molecule has 194 valence electrons. The van der Waals surface area contributed by atoms with Crippen LogP contribution in [0.3, 0.4) is 0 Å². The van der Waals surface area contributed by atoms with Crippen molar-refractivity contribution in [2.75, 3.05) is 12.0 Å². The van der Waals surface area contributed by atoms with Gasteiger partial charge in [-0.15, -0.1) is 0 Å². The number of ketones is 1. The van der Waals surface area contributed by atoms with Gasteiger partial charge in [0.2, 0.25) is 0 Å². The average molecular weight is 520 g/mol. The Labute approximate surface area is 234 Å². The summed E-state index contributed by atoms with van der Waals surface area (Å²) in [7, 11) is 1.66. The first kappa shape index (κ1) is 25.3. The minimum absolute atomic E-state index is 0.0404. The molecular formula is C37H29NO2. The van der Waals surface area contributed by atoms with E-state index in [1.54, 1.807) is 13.2 Å². The van der Waals surface area contributed by atoms with Gasteiger partial charge >= 0.3 is 0 Å². The number of methoxy groups -OCH3 is 1. The molecule has 0 bridgehead atoms. The van der Waals surface area contributed by atoms with E-state index in [9.17, 15) is 4.79 Å². The van der Waals surface area contributed by atoms with Crippen LogP contribution in [0.4, 0.5) is 17.1 Å². The second-order valence-electron chi connectivity index (χ2n) is 9.78. The highest BCUT2D eigenvalue weighted by Crippen LogP contribution is 2.34. The summed E-state index contributed by atoms with van der Waals surface area (Å²) in [6.07, 6.45) is 3.53. The van der Waals surface area contributed by atoms with Crippen molar-refractivity contribution in [3.05, 3.63) is 156 Å². The van der Waals surface area contributed by atoms with E-state index in [0.717, 1.165) is 44.3 Å². The number of benzene rings is 6. The van der Waals surface area contributed by atoms with Gasteiger partial charge in [-0.05, 0) is 99.4 Å². The second kappa shape index (κ2) is 11.4. The number of allylic oxidation sites excluding steroid dienone is 1. The van der Waals surface area contributed by atoms with Crippen molar-refractivity contribution in [2.45, 2.75) is 6.61 Å². The molecule has 0 fully saturated rings. The molecule has 0 aliphatic heterocycles. The monoisotopic (exact) mass is 519 g/mol. The molecule has 0 saturated heterocycles. The van der Waals surface area contributed by atoms with Gasteiger partial charge in [0.25, 0.3) is 0 Å². The molecule has 0 aromatic heterocycles. The Bertz CT molecular complexity index is 1770. The lowest BCUT2D eigenvalue weighted by Crippen LogP contribution is -2.09. The number of nitrogens with zero attached hydrogens (tertiary/aromatic N) is 1. The van der Waals surface area contributed by atoms with E-state index >= 15 is 0 Å². The summed E-state index contributed by atoms with van der Waals surface area (Å²) in [6, 6.07) is 45.5. The number of fused-ring (bicyclic) bond motifs is 2. The van der Waals surface area contributed by atoms with Gasteiger partial charge in [-0.2, -0.15) is 0 Å². The van der Waals surface area contributed by atoms with Crippen molar-refractivity contribution in [1.82, 2.24) is 0 Å². The number of para-hydroxylation sites is 2. The molecule has 0 unspecified atom stereocenters. The highest BCUT2D eigenvalue weighted by atomic mass is 16.5. The number of carbonyl (C=O) groups excluding carboxylic acids is 1. The molecule has 0 saturated carbocycles. The molecular weight excluding hydrogens is 490 g/mol. The van der Waals surface area contributed by atoms with E-state index in [1.807, 2.05) is 72.8 Å². The largest absolute Gasteiger partial charge is 0.380 e. The number of anilines is 3. The summed E-state index contributed by atoms with van der Waals surface area (Å²) in [6.45, 7) is 0.376. The summed E-state index contributed by atoms with van der Waals surface area (Å²) in [5.74, 6) is -0.0404. The fourth-order valence-electron chi connectivity index (χ4n) is 5.14. The zero-order valence-electron chi connectivity index (χ0n) is 22.3. The first-order valence-corrected chi connectivity index (χ1v) is 13.4. The fraction of sp³-hybridized carbons (Fsp3) is 0.0541. The first-order valence-electron chi connectivity index (χ1n) is 13.4. The first-order chi connectivity index (χ1) is 19.7. The van der Waals surface area contributed by atoms with Crippen LogP contribution in [0.5, 0.6) is 0 Å². The van der Waals surface area contributed by atoms with Crippen LogP contribution >= 0.6 is 0 Å². The molecule has 0 aliphatic rings. The lowest BCUT2D eigenvalue weighted by Gasteiger charge is -2.25. The van der Waals surface area contributed by atoms with Gasteiger partial charge in [0.15, 0.2) is 5.78 Å². The summed E-state index contributed by atoms with van der Waals surface area (Å²) in [5.41, 5.74) is 5.72. The van der Waals surface area contributed by atoms with Gasteiger partial charge in [-0.1, -0.05) is 78.9 Å². The van der Waals surface area contributed by atoms with E-state index in [4.69, 9.17) is 4.74 Å². The molecule has 0 N–H and O–H groups in total. The molecule has 3 nitrogen and oxygen atoms in total. The third kappa shape index (κ3) is 5.28. The van der Waals surface area contributed by atoms with Crippen LogP contribution < -0.4 is 4.90 Å². The summed E-state index contributed by atoms with van der Waals surface area (Å²) >= 11 is 0. The number of hydrogen-bond acceptors (Lipinski definition) is 3. The Balaban J connectivity index is 1.29. The molecule has 6 aromatic carbocycles. The number of rotatable bonds is 8. The van der Waals surface area contributed by atoms with Crippen LogP contribution in [0.2, 0.25) is 0 Å². The quantitative estimate of drug-likeness (QED) is 0.114. The van der Waals surface area contributed by atoms with Crippen molar-refractivity contribution >= 4 is 50.5 Å². The number of hydrogen-bond donors (Lipinski definition) is 0.